The molecule has 0 spiro atoms. The van der Waals surface area contributed by atoms with Gasteiger partial charge in [-0.25, -0.2) is 4.98 Å². The van der Waals surface area contributed by atoms with Crippen LogP contribution in [0.25, 0.3) is 0 Å². The fourth-order valence-electron chi connectivity index (χ4n) is 3.38. The molecule has 0 bridgehead atoms. The lowest BCUT2D eigenvalue weighted by Crippen LogP contribution is -2.30. The number of nitrogens with one attached hydrogen (secondary N) is 1. The van der Waals surface area contributed by atoms with E-state index in [-0.39, 0.29) is 0 Å². The zero-order chi connectivity index (χ0) is 14.4. The van der Waals surface area contributed by atoms with Gasteiger partial charge in [-0.15, -0.1) is 0 Å². The van der Waals surface area contributed by atoms with Crippen LogP contribution in [0, 0.1) is 0 Å². The number of anilines is 1. The van der Waals surface area contributed by atoms with Crippen LogP contribution in [-0.4, -0.2) is 39.7 Å². The summed E-state index contributed by atoms with van der Waals surface area (Å²) in [5.74, 6) is 1.18. The van der Waals surface area contributed by atoms with Crippen molar-refractivity contribution in [1.29, 1.82) is 0 Å². The van der Waals surface area contributed by atoms with Crippen molar-refractivity contribution in [1.82, 2.24) is 20.1 Å². The van der Waals surface area contributed by atoms with Crippen LogP contribution in [0.2, 0.25) is 0 Å². The predicted molar refractivity (Wildman–Crippen MR) is 82.2 cm³/mol. The van der Waals surface area contributed by atoms with E-state index in [2.05, 4.69) is 46.1 Å². The minimum atomic E-state index is 0.489. The monoisotopic (exact) mass is 283 g/mol. The number of H-pyrrole nitrogens is 1. The molecular formula is C16H21N5. The molecule has 4 heterocycles. The molecule has 0 amide bonds. The first-order chi connectivity index (χ1) is 10.2. The third-order valence-corrected chi connectivity index (χ3v) is 4.76. The molecule has 0 radical (unpaired) electrons. The Hall–Kier alpha value is -1.88. The third-order valence-electron chi connectivity index (χ3n) is 4.76. The molecule has 2 aliphatic heterocycles. The molecule has 1 N–H and O–H groups in total. The molecular weight excluding hydrogens is 262 g/mol. The summed E-state index contributed by atoms with van der Waals surface area (Å²) in [5, 5.41) is 7.19. The molecule has 1 unspecified atom stereocenters. The topological polar surface area (TPSA) is 48.1 Å². The van der Waals surface area contributed by atoms with Crippen LogP contribution in [0.4, 0.5) is 5.82 Å². The number of nitrogens with zero attached hydrogens (tertiary/aromatic N) is 4. The van der Waals surface area contributed by atoms with Crippen molar-refractivity contribution in [3.63, 3.8) is 0 Å². The number of fused-ring (bicyclic) bond motifs is 2. The van der Waals surface area contributed by atoms with Crippen molar-refractivity contribution in [2.45, 2.75) is 38.9 Å². The lowest BCUT2D eigenvalue weighted by molar-refractivity contribution is 0.208. The van der Waals surface area contributed by atoms with Crippen LogP contribution in [-0.2, 0) is 25.9 Å². The molecule has 0 aromatic carbocycles. The summed E-state index contributed by atoms with van der Waals surface area (Å²) >= 11 is 0. The molecule has 0 saturated carbocycles. The summed E-state index contributed by atoms with van der Waals surface area (Å²) in [7, 11) is 2.13. The highest BCUT2D eigenvalue weighted by molar-refractivity contribution is 5.51. The number of aromatic amines is 1. The fourth-order valence-corrected chi connectivity index (χ4v) is 3.38. The van der Waals surface area contributed by atoms with Crippen LogP contribution in [0.1, 0.15) is 29.4 Å². The van der Waals surface area contributed by atoms with Crippen LogP contribution in [0.15, 0.2) is 18.3 Å². The van der Waals surface area contributed by atoms with Gasteiger partial charge in [0.25, 0.3) is 0 Å². The van der Waals surface area contributed by atoms with Gasteiger partial charge in [-0.05, 0) is 25.0 Å². The standard InChI is InChI=1S/C16H21N5/c1-11(21-9-13-8-17-19-15(13)10-21)7-14-4-3-12-5-6-20(2)16(12)18-14/h3-4,8,11H,5-7,9-10H2,1-2H3,(H,17,19). The lowest BCUT2D eigenvalue weighted by atomic mass is 10.1. The Bertz CT molecular complexity index is 642. The number of pyridine rings is 1. The number of rotatable bonds is 3. The van der Waals surface area contributed by atoms with E-state index in [0.717, 1.165) is 32.5 Å². The van der Waals surface area contributed by atoms with E-state index < -0.39 is 0 Å². The van der Waals surface area contributed by atoms with Crippen LogP contribution in [0.5, 0.6) is 0 Å². The lowest BCUT2D eigenvalue weighted by Gasteiger charge is -2.23. The van der Waals surface area contributed by atoms with Gasteiger partial charge in [0.05, 0.1) is 11.9 Å². The van der Waals surface area contributed by atoms with Crippen molar-refractivity contribution in [2.24, 2.45) is 0 Å². The summed E-state index contributed by atoms with van der Waals surface area (Å²) < 4.78 is 0. The molecule has 0 fully saturated rings. The maximum atomic E-state index is 4.86. The summed E-state index contributed by atoms with van der Waals surface area (Å²) in [6.45, 7) is 5.35. The highest BCUT2D eigenvalue weighted by atomic mass is 15.2. The van der Waals surface area contributed by atoms with Crippen LogP contribution >= 0.6 is 0 Å². The Morgan fingerprint density at radius 2 is 2.19 bits per heavy atom. The molecule has 1 atom stereocenters. The van der Waals surface area contributed by atoms with E-state index in [1.807, 2.05) is 6.20 Å². The Balaban J connectivity index is 1.47. The quantitative estimate of drug-likeness (QED) is 0.932. The number of likely N-dealkylation sites (N-methyl/N-ethyl adjacent to an activating group) is 1. The second kappa shape index (κ2) is 4.84. The van der Waals surface area contributed by atoms with E-state index in [1.54, 1.807) is 0 Å². The Morgan fingerprint density at radius 3 is 3.05 bits per heavy atom. The van der Waals surface area contributed by atoms with Gasteiger partial charge < -0.3 is 4.90 Å². The van der Waals surface area contributed by atoms with E-state index in [1.165, 1.54) is 28.3 Å². The second-order valence-electron chi connectivity index (χ2n) is 6.29. The first kappa shape index (κ1) is 12.8. The normalized spacial score (nSPS) is 18.9. The minimum absolute atomic E-state index is 0.489. The molecule has 5 nitrogen and oxygen atoms in total. The first-order valence-electron chi connectivity index (χ1n) is 7.66. The van der Waals surface area contributed by atoms with E-state index in [9.17, 15) is 0 Å². The average Bonchev–Trinajstić information content (AvgIpc) is 3.14. The van der Waals surface area contributed by atoms with Gasteiger partial charge in [0.1, 0.15) is 5.82 Å². The zero-order valence-corrected chi connectivity index (χ0v) is 12.6. The molecule has 2 aromatic rings. The van der Waals surface area contributed by atoms with E-state index in [4.69, 9.17) is 4.98 Å². The van der Waals surface area contributed by atoms with Crippen molar-refractivity contribution in [3.8, 4) is 0 Å². The van der Waals surface area contributed by atoms with Gasteiger partial charge in [0.15, 0.2) is 0 Å². The molecule has 5 heteroatoms. The Morgan fingerprint density at radius 1 is 1.29 bits per heavy atom. The molecule has 0 aliphatic carbocycles. The molecule has 21 heavy (non-hydrogen) atoms. The van der Waals surface area contributed by atoms with Gasteiger partial charge in [-0.3, -0.25) is 10.00 Å². The third kappa shape index (κ3) is 2.21. The fraction of sp³-hybridized carbons (Fsp3) is 0.500. The molecule has 110 valence electrons. The molecule has 4 rings (SSSR count). The van der Waals surface area contributed by atoms with E-state index >= 15 is 0 Å². The average molecular weight is 283 g/mol. The minimum Gasteiger partial charge on any atom is -0.359 e. The number of hydrogen-bond acceptors (Lipinski definition) is 4. The van der Waals surface area contributed by atoms with Crippen LogP contribution < -0.4 is 4.90 Å². The highest BCUT2D eigenvalue weighted by Gasteiger charge is 2.25. The first-order valence-corrected chi connectivity index (χ1v) is 7.66. The van der Waals surface area contributed by atoms with Crippen molar-refractivity contribution in [2.75, 3.05) is 18.5 Å². The predicted octanol–water partition coefficient (Wildman–Crippen LogP) is 1.74. The van der Waals surface area contributed by atoms with Crippen molar-refractivity contribution < 1.29 is 0 Å². The largest absolute Gasteiger partial charge is 0.359 e. The smallest absolute Gasteiger partial charge is 0.131 e. The summed E-state index contributed by atoms with van der Waals surface area (Å²) in [6.07, 6.45) is 4.08. The van der Waals surface area contributed by atoms with Gasteiger partial charge in [-0.2, -0.15) is 5.10 Å². The van der Waals surface area contributed by atoms with Gasteiger partial charge in [-0.1, -0.05) is 6.07 Å². The zero-order valence-electron chi connectivity index (χ0n) is 12.6. The van der Waals surface area contributed by atoms with E-state index in [0.29, 0.717) is 6.04 Å². The molecule has 0 saturated heterocycles. The van der Waals surface area contributed by atoms with Gasteiger partial charge in [0.2, 0.25) is 0 Å². The Kier molecular flexibility index (Phi) is 2.96. The second-order valence-corrected chi connectivity index (χ2v) is 6.29. The maximum Gasteiger partial charge on any atom is 0.131 e. The molecule has 2 aliphatic rings. The Labute approximate surface area is 125 Å². The SMILES string of the molecule is CC(Cc1ccc2c(n1)N(C)CC2)N1Cc2cn[nH]c2C1. The maximum absolute atomic E-state index is 4.86. The van der Waals surface area contributed by atoms with Crippen molar-refractivity contribution in [3.05, 3.63) is 40.8 Å². The number of hydrogen-bond donors (Lipinski definition) is 1. The number of aromatic nitrogens is 3. The van der Waals surface area contributed by atoms with Crippen molar-refractivity contribution >= 4 is 5.82 Å². The summed E-state index contributed by atoms with van der Waals surface area (Å²) in [5.41, 5.74) is 5.19. The summed E-state index contributed by atoms with van der Waals surface area (Å²) in [4.78, 5) is 9.61. The molecule has 2 aromatic heterocycles. The van der Waals surface area contributed by atoms with Gasteiger partial charge in [0, 0.05) is 50.4 Å². The van der Waals surface area contributed by atoms with Crippen LogP contribution in [0.3, 0.4) is 0 Å². The van der Waals surface area contributed by atoms with Gasteiger partial charge >= 0.3 is 0 Å². The summed E-state index contributed by atoms with van der Waals surface area (Å²) in [6, 6.07) is 4.94. The highest BCUT2D eigenvalue weighted by Crippen LogP contribution is 2.26.